The van der Waals surface area contributed by atoms with Crippen LogP contribution in [-0.4, -0.2) is 66.3 Å². The number of hydrogen-bond donors (Lipinski definition) is 1. The highest BCUT2D eigenvalue weighted by atomic mass is 16.6. The molecule has 1 atom stereocenters. The van der Waals surface area contributed by atoms with Gasteiger partial charge in [0.15, 0.2) is 0 Å². The molecule has 0 spiro atoms. The second-order valence-corrected chi connectivity index (χ2v) is 5.82. The van der Waals surface area contributed by atoms with Gasteiger partial charge >= 0.3 is 0 Å². The van der Waals surface area contributed by atoms with E-state index in [1.165, 1.54) is 0 Å². The van der Waals surface area contributed by atoms with Crippen molar-refractivity contribution in [2.45, 2.75) is 25.9 Å². The van der Waals surface area contributed by atoms with Gasteiger partial charge in [-0.15, -0.1) is 0 Å². The third kappa shape index (κ3) is 3.53. The Labute approximate surface area is 130 Å². The number of aryl methyl sites for hydroxylation is 1. The lowest BCUT2D eigenvalue weighted by Gasteiger charge is -2.37. The molecule has 0 aliphatic carbocycles. The molecule has 0 radical (unpaired) electrons. The zero-order chi connectivity index (χ0) is 15.5. The summed E-state index contributed by atoms with van der Waals surface area (Å²) >= 11 is 0. The van der Waals surface area contributed by atoms with Crippen LogP contribution in [0.3, 0.4) is 0 Å². The quantitative estimate of drug-likeness (QED) is 0.876. The van der Waals surface area contributed by atoms with Crippen molar-refractivity contribution in [2.24, 2.45) is 0 Å². The van der Waals surface area contributed by atoms with Gasteiger partial charge in [0.05, 0.1) is 31.8 Å². The fourth-order valence-electron chi connectivity index (χ4n) is 2.64. The van der Waals surface area contributed by atoms with E-state index in [0.29, 0.717) is 39.5 Å². The van der Waals surface area contributed by atoms with Gasteiger partial charge in [-0.2, -0.15) is 0 Å². The SMILES string of the molecule is CC(=O)N1CC(c2nc(C)cc(NC[C@@H]3COCCO3)n2)C1. The van der Waals surface area contributed by atoms with E-state index in [9.17, 15) is 4.79 Å². The van der Waals surface area contributed by atoms with Crippen LogP contribution in [0, 0.1) is 6.92 Å². The fourth-order valence-corrected chi connectivity index (χ4v) is 2.64. The highest BCUT2D eigenvalue weighted by Crippen LogP contribution is 2.25. The number of carbonyl (C=O) groups is 1. The molecular formula is C15H22N4O3. The number of amides is 1. The Morgan fingerprint density at radius 2 is 2.23 bits per heavy atom. The van der Waals surface area contributed by atoms with E-state index in [2.05, 4.69) is 15.3 Å². The Bertz CT molecular complexity index is 540. The molecule has 7 nitrogen and oxygen atoms in total. The molecule has 2 saturated heterocycles. The number of carbonyl (C=O) groups excluding carboxylic acids is 1. The first-order chi connectivity index (χ1) is 10.6. The lowest BCUT2D eigenvalue weighted by Crippen LogP contribution is -2.48. The molecule has 2 aliphatic rings. The molecule has 0 bridgehead atoms. The third-order valence-electron chi connectivity index (χ3n) is 3.96. The average Bonchev–Trinajstić information content (AvgIpc) is 2.44. The molecule has 1 N–H and O–H groups in total. The first-order valence-electron chi connectivity index (χ1n) is 7.66. The maximum Gasteiger partial charge on any atom is 0.219 e. The Morgan fingerprint density at radius 1 is 1.41 bits per heavy atom. The van der Waals surface area contributed by atoms with Gasteiger partial charge in [0.1, 0.15) is 11.6 Å². The molecule has 120 valence electrons. The Hall–Kier alpha value is -1.73. The molecule has 0 unspecified atom stereocenters. The van der Waals surface area contributed by atoms with Crippen LogP contribution in [0.4, 0.5) is 5.82 Å². The van der Waals surface area contributed by atoms with Gasteiger partial charge in [-0.3, -0.25) is 4.79 Å². The predicted molar refractivity (Wildman–Crippen MR) is 80.8 cm³/mol. The van der Waals surface area contributed by atoms with Crippen LogP contribution in [-0.2, 0) is 14.3 Å². The van der Waals surface area contributed by atoms with E-state index in [0.717, 1.165) is 17.3 Å². The fraction of sp³-hybridized carbons (Fsp3) is 0.667. The second-order valence-electron chi connectivity index (χ2n) is 5.82. The zero-order valence-corrected chi connectivity index (χ0v) is 13.0. The monoisotopic (exact) mass is 306 g/mol. The summed E-state index contributed by atoms with van der Waals surface area (Å²) in [7, 11) is 0. The molecule has 1 aromatic heterocycles. The number of likely N-dealkylation sites (tertiary alicyclic amines) is 1. The van der Waals surface area contributed by atoms with Crippen LogP contribution >= 0.6 is 0 Å². The molecule has 2 aliphatic heterocycles. The lowest BCUT2D eigenvalue weighted by atomic mass is 9.99. The van der Waals surface area contributed by atoms with Crippen molar-refractivity contribution in [2.75, 3.05) is 44.8 Å². The number of rotatable bonds is 4. The van der Waals surface area contributed by atoms with Crippen LogP contribution < -0.4 is 5.32 Å². The van der Waals surface area contributed by atoms with Crippen molar-refractivity contribution in [1.82, 2.24) is 14.9 Å². The molecule has 1 aromatic rings. The maximum absolute atomic E-state index is 11.3. The van der Waals surface area contributed by atoms with Gasteiger partial charge in [0.25, 0.3) is 0 Å². The average molecular weight is 306 g/mol. The molecule has 7 heteroatoms. The van der Waals surface area contributed by atoms with Gasteiger partial charge in [-0.1, -0.05) is 0 Å². The number of nitrogens with zero attached hydrogens (tertiary/aromatic N) is 3. The van der Waals surface area contributed by atoms with E-state index in [4.69, 9.17) is 9.47 Å². The van der Waals surface area contributed by atoms with E-state index in [-0.39, 0.29) is 17.9 Å². The maximum atomic E-state index is 11.3. The number of nitrogens with one attached hydrogen (secondary N) is 1. The Kier molecular flexibility index (Phi) is 4.54. The van der Waals surface area contributed by atoms with Crippen molar-refractivity contribution in [1.29, 1.82) is 0 Å². The van der Waals surface area contributed by atoms with Crippen molar-refractivity contribution in [3.05, 3.63) is 17.6 Å². The molecule has 22 heavy (non-hydrogen) atoms. The highest BCUT2D eigenvalue weighted by Gasteiger charge is 2.32. The number of anilines is 1. The normalized spacial score (nSPS) is 22.3. The smallest absolute Gasteiger partial charge is 0.219 e. The van der Waals surface area contributed by atoms with Crippen molar-refractivity contribution < 1.29 is 14.3 Å². The first-order valence-corrected chi connectivity index (χ1v) is 7.66. The van der Waals surface area contributed by atoms with E-state index in [1.54, 1.807) is 11.8 Å². The first kappa shape index (κ1) is 15.2. The van der Waals surface area contributed by atoms with Gasteiger partial charge in [0, 0.05) is 38.3 Å². The van der Waals surface area contributed by atoms with Crippen molar-refractivity contribution in [3.8, 4) is 0 Å². The minimum Gasteiger partial charge on any atom is -0.376 e. The summed E-state index contributed by atoms with van der Waals surface area (Å²) in [6, 6.07) is 1.93. The third-order valence-corrected chi connectivity index (χ3v) is 3.96. The van der Waals surface area contributed by atoms with Crippen LogP contribution in [0.5, 0.6) is 0 Å². The zero-order valence-electron chi connectivity index (χ0n) is 13.0. The van der Waals surface area contributed by atoms with Crippen molar-refractivity contribution in [3.63, 3.8) is 0 Å². The minimum absolute atomic E-state index is 0.0596. The van der Waals surface area contributed by atoms with Crippen LogP contribution in [0.15, 0.2) is 6.07 Å². The molecule has 0 saturated carbocycles. The molecule has 2 fully saturated rings. The van der Waals surface area contributed by atoms with Gasteiger partial charge in [0.2, 0.25) is 5.91 Å². The molecule has 1 amide bonds. The van der Waals surface area contributed by atoms with E-state index < -0.39 is 0 Å². The van der Waals surface area contributed by atoms with Crippen LogP contribution in [0.25, 0.3) is 0 Å². The van der Waals surface area contributed by atoms with Gasteiger partial charge in [-0.05, 0) is 6.92 Å². The Morgan fingerprint density at radius 3 is 2.91 bits per heavy atom. The van der Waals surface area contributed by atoms with Gasteiger partial charge in [-0.25, -0.2) is 9.97 Å². The molecular weight excluding hydrogens is 284 g/mol. The van der Waals surface area contributed by atoms with Crippen LogP contribution in [0.2, 0.25) is 0 Å². The second kappa shape index (κ2) is 6.58. The summed E-state index contributed by atoms with van der Waals surface area (Å²) in [5.74, 6) is 1.95. The summed E-state index contributed by atoms with van der Waals surface area (Å²) in [6.45, 7) is 7.55. The van der Waals surface area contributed by atoms with Gasteiger partial charge < -0.3 is 19.7 Å². The topological polar surface area (TPSA) is 76.6 Å². The van der Waals surface area contributed by atoms with Crippen molar-refractivity contribution >= 4 is 11.7 Å². The summed E-state index contributed by atoms with van der Waals surface area (Å²) in [5.41, 5.74) is 0.926. The predicted octanol–water partition coefficient (Wildman–Crippen LogP) is 0.558. The molecule has 3 heterocycles. The van der Waals surface area contributed by atoms with E-state index in [1.807, 2.05) is 13.0 Å². The molecule has 3 rings (SSSR count). The highest BCUT2D eigenvalue weighted by molar-refractivity contribution is 5.74. The minimum atomic E-state index is 0.0596. The Balaban J connectivity index is 1.59. The standard InChI is InChI=1S/C15H22N4O3/c1-10-5-14(16-6-13-9-21-3-4-22-13)18-15(17-10)12-7-19(8-12)11(2)20/h5,12-13H,3-4,6-9H2,1-2H3,(H,16,17,18)/t13-/m1/s1. The number of aromatic nitrogens is 2. The summed E-state index contributed by atoms with van der Waals surface area (Å²) in [4.78, 5) is 22.1. The summed E-state index contributed by atoms with van der Waals surface area (Å²) in [5, 5.41) is 3.30. The number of hydrogen-bond acceptors (Lipinski definition) is 6. The summed E-state index contributed by atoms with van der Waals surface area (Å²) in [6.07, 6.45) is 0.0596. The number of ether oxygens (including phenoxy) is 2. The van der Waals surface area contributed by atoms with Crippen LogP contribution in [0.1, 0.15) is 24.4 Å². The lowest BCUT2D eigenvalue weighted by molar-refractivity contribution is -0.133. The molecule has 0 aromatic carbocycles. The summed E-state index contributed by atoms with van der Waals surface area (Å²) < 4.78 is 11.0. The van der Waals surface area contributed by atoms with E-state index >= 15 is 0 Å². The largest absolute Gasteiger partial charge is 0.376 e.